The van der Waals surface area contributed by atoms with Crippen LogP contribution in [0.5, 0.6) is 23.0 Å². The second-order valence-corrected chi connectivity index (χ2v) is 7.01. The van der Waals surface area contributed by atoms with Gasteiger partial charge in [-0.15, -0.1) is 0 Å². The van der Waals surface area contributed by atoms with Crippen molar-refractivity contribution in [3.63, 3.8) is 0 Å². The fourth-order valence-electron chi connectivity index (χ4n) is 3.35. The van der Waals surface area contributed by atoms with Crippen molar-refractivity contribution in [3.05, 3.63) is 88.4 Å². The maximum atomic E-state index is 13.4. The van der Waals surface area contributed by atoms with Gasteiger partial charge < -0.3 is 18.9 Å². The molecular formula is C25H19FO6. The van der Waals surface area contributed by atoms with E-state index >= 15 is 0 Å². The fourth-order valence-corrected chi connectivity index (χ4v) is 3.35. The van der Waals surface area contributed by atoms with Gasteiger partial charge in [-0.1, -0.05) is 6.07 Å². The van der Waals surface area contributed by atoms with E-state index in [1.807, 2.05) is 0 Å². The fraction of sp³-hybridized carbons (Fsp3) is 0.120. The molecule has 0 unspecified atom stereocenters. The summed E-state index contributed by atoms with van der Waals surface area (Å²) >= 11 is 0. The van der Waals surface area contributed by atoms with Crippen molar-refractivity contribution in [2.45, 2.75) is 6.92 Å². The number of Topliss-reactive ketones (excluding diaryl/α,β-unsaturated/α-hetero) is 1. The molecule has 0 fully saturated rings. The summed E-state index contributed by atoms with van der Waals surface area (Å²) in [5.41, 5.74) is 1.51. The summed E-state index contributed by atoms with van der Waals surface area (Å²) in [5, 5.41) is 0. The van der Waals surface area contributed by atoms with Crippen molar-refractivity contribution >= 4 is 17.8 Å². The lowest BCUT2D eigenvalue weighted by Gasteiger charge is -2.10. The van der Waals surface area contributed by atoms with Gasteiger partial charge in [0.05, 0.1) is 25.3 Å². The Morgan fingerprint density at radius 2 is 1.78 bits per heavy atom. The van der Waals surface area contributed by atoms with Crippen molar-refractivity contribution < 1.29 is 32.9 Å². The summed E-state index contributed by atoms with van der Waals surface area (Å²) in [4.78, 5) is 25.3. The van der Waals surface area contributed by atoms with E-state index in [2.05, 4.69) is 0 Å². The molecule has 0 amide bonds. The maximum Gasteiger partial charge on any atom is 0.343 e. The van der Waals surface area contributed by atoms with Crippen molar-refractivity contribution in [3.8, 4) is 23.0 Å². The number of ether oxygens (including phenoxy) is 4. The lowest BCUT2D eigenvalue weighted by Crippen LogP contribution is -2.09. The Labute approximate surface area is 183 Å². The second kappa shape index (κ2) is 8.55. The largest absolute Gasteiger partial charge is 0.497 e. The zero-order valence-corrected chi connectivity index (χ0v) is 17.6. The Balaban J connectivity index is 1.64. The predicted octanol–water partition coefficient (Wildman–Crippen LogP) is 4.99. The first kappa shape index (κ1) is 21.1. The number of methoxy groups -OCH3 is 2. The molecule has 0 saturated carbocycles. The molecule has 0 aliphatic carbocycles. The van der Waals surface area contributed by atoms with Gasteiger partial charge in [0.15, 0.2) is 5.76 Å². The summed E-state index contributed by atoms with van der Waals surface area (Å²) < 4.78 is 35.2. The van der Waals surface area contributed by atoms with Crippen molar-refractivity contribution in [1.82, 2.24) is 0 Å². The molecule has 6 nitrogen and oxygen atoms in total. The van der Waals surface area contributed by atoms with Crippen molar-refractivity contribution in [2.75, 3.05) is 14.2 Å². The SMILES string of the molecule is COc1ccc(OC)c(/C=C2\Oc3c(ccc(OC(=O)c4cccc(F)c4)c3C)C2=O)c1. The molecule has 1 aliphatic rings. The number of halogens is 1. The first-order valence-electron chi connectivity index (χ1n) is 9.69. The summed E-state index contributed by atoms with van der Waals surface area (Å²) in [6, 6.07) is 13.5. The standard InChI is InChI=1S/C25H19FO6/c1-14-20(32-25(28)15-5-4-6-17(26)11-15)10-8-19-23(27)22(31-24(14)19)13-16-12-18(29-2)7-9-21(16)30-3/h4-13H,1-3H3/b22-13-. The molecule has 0 saturated heterocycles. The molecule has 1 aliphatic heterocycles. The second-order valence-electron chi connectivity index (χ2n) is 7.01. The minimum absolute atomic E-state index is 0.0765. The molecule has 3 aromatic rings. The Kier molecular flexibility index (Phi) is 5.64. The van der Waals surface area contributed by atoms with E-state index in [-0.39, 0.29) is 22.9 Å². The number of hydrogen-bond acceptors (Lipinski definition) is 6. The molecule has 162 valence electrons. The van der Waals surface area contributed by atoms with E-state index in [9.17, 15) is 14.0 Å². The van der Waals surface area contributed by atoms with Crippen LogP contribution in [0.1, 0.15) is 31.8 Å². The summed E-state index contributed by atoms with van der Waals surface area (Å²) in [6.45, 7) is 1.68. The summed E-state index contributed by atoms with van der Waals surface area (Å²) in [6.07, 6.45) is 1.57. The van der Waals surface area contributed by atoms with Gasteiger partial charge in [0, 0.05) is 11.1 Å². The van der Waals surface area contributed by atoms with Crippen LogP contribution >= 0.6 is 0 Å². The molecule has 3 aromatic carbocycles. The molecular weight excluding hydrogens is 415 g/mol. The third-order valence-electron chi connectivity index (χ3n) is 5.02. The predicted molar refractivity (Wildman–Crippen MR) is 115 cm³/mol. The number of rotatable bonds is 5. The van der Waals surface area contributed by atoms with Crippen LogP contribution in [0.25, 0.3) is 6.08 Å². The van der Waals surface area contributed by atoms with Crippen LogP contribution < -0.4 is 18.9 Å². The van der Waals surface area contributed by atoms with E-state index in [4.69, 9.17) is 18.9 Å². The van der Waals surface area contributed by atoms with Gasteiger partial charge in [-0.25, -0.2) is 9.18 Å². The highest BCUT2D eigenvalue weighted by Gasteiger charge is 2.31. The van der Waals surface area contributed by atoms with Gasteiger partial charge in [-0.2, -0.15) is 0 Å². The lowest BCUT2D eigenvalue weighted by molar-refractivity contribution is 0.0732. The molecule has 0 N–H and O–H groups in total. The quantitative estimate of drug-likeness (QED) is 0.320. The van der Waals surface area contributed by atoms with Gasteiger partial charge in [0.2, 0.25) is 5.78 Å². The Hall–Kier alpha value is -4.13. The third-order valence-corrected chi connectivity index (χ3v) is 5.02. The summed E-state index contributed by atoms with van der Waals surface area (Å²) in [5.74, 6) is 0.198. The number of hydrogen-bond donors (Lipinski definition) is 0. The molecule has 1 heterocycles. The van der Waals surface area contributed by atoms with E-state index in [1.54, 1.807) is 38.3 Å². The van der Waals surface area contributed by atoms with E-state index < -0.39 is 11.8 Å². The van der Waals surface area contributed by atoms with Gasteiger partial charge in [-0.05, 0) is 61.5 Å². The van der Waals surface area contributed by atoms with Crippen molar-refractivity contribution in [1.29, 1.82) is 0 Å². The Morgan fingerprint density at radius 3 is 2.50 bits per heavy atom. The van der Waals surface area contributed by atoms with Gasteiger partial charge in [0.1, 0.15) is 28.8 Å². The van der Waals surface area contributed by atoms with E-state index in [0.717, 1.165) is 6.07 Å². The maximum absolute atomic E-state index is 13.4. The van der Waals surface area contributed by atoms with Crippen LogP contribution in [-0.4, -0.2) is 26.0 Å². The number of fused-ring (bicyclic) bond motifs is 1. The third kappa shape index (κ3) is 3.92. The average Bonchev–Trinajstić information content (AvgIpc) is 3.11. The molecule has 0 radical (unpaired) electrons. The molecule has 0 spiro atoms. The zero-order chi connectivity index (χ0) is 22.8. The van der Waals surface area contributed by atoms with Crippen LogP contribution in [0, 0.1) is 12.7 Å². The molecule has 0 aromatic heterocycles. The number of carbonyl (C=O) groups is 2. The first-order valence-corrected chi connectivity index (χ1v) is 9.69. The first-order chi connectivity index (χ1) is 15.4. The number of ketones is 1. The number of esters is 1. The van der Waals surface area contributed by atoms with Crippen LogP contribution in [0.15, 0.2) is 60.4 Å². The minimum Gasteiger partial charge on any atom is -0.497 e. The highest BCUT2D eigenvalue weighted by atomic mass is 19.1. The van der Waals surface area contributed by atoms with Crippen LogP contribution in [0.2, 0.25) is 0 Å². The molecule has 32 heavy (non-hydrogen) atoms. The topological polar surface area (TPSA) is 71.1 Å². The minimum atomic E-state index is -0.714. The highest BCUT2D eigenvalue weighted by molar-refractivity contribution is 6.15. The van der Waals surface area contributed by atoms with Crippen LogP contribution in [-0.2, 0) is 0 Å². The van der Waals surface area contributed by atoms with Crippen LogP contribution in [0.4, 0.5) is 4.39 Å². The Bertz CT molecular complexity index is 1260. The Morgan fingerprint density at radius 1 is 1.00 bits per heavy atom. The molecule has 7 heteroatoms. The van der Waals surface area contributed by atoms with Crippen LogP contribution in [0.3, 0.4) is 0 Å². The molecule has 0 atom stereocenters. The normalized spacial score (nSPS) is 13.5. The van der Waals surface area contributed by atoms with Crippen molar-refractivity contribution in [2.24, 2.45) is 0 Å². The number of allylic oxidation sites excluding steroid dienone is 1. The molecule has 4 rings (SSSR count). The lowest BCUT2D eigenvalue weighted by atomic mass is 10.1. The average molecular weight is 434 g/mol. The highest BCUT2D eigenvalue weighted by Crippen LogP contribution is 2.40. The number of benzene rings is 3. The van der Waals surface area contributed by atoms with Gasteiger partial charge in [0.25, 0.3) is 0 Å². The zero-order valence-electron chi connectivity index (χ0n) is 17.6. The molecule has 0 bridgehead atoms. The number of carbonyl (C=O) groups excluding carboxylic acids is 2. The smallest absolute Gasteiger partial charge is 0.343 e. The summed E-state index contributed by atoms with van der Waals surface area (Å²) in [7, 11) is 3.07. The van der Waals surface area contributed by atoms with Gasteiger partial charge >= 0.3 is 5.97 Å². The van der Waals surface area contributed by atoms with E-state index in [0.29, 0.717) is 33.9 Å². The van der Waals surface area contributed by atoms with E-state index in [1.165, 1.54) is 37.4 Å². The monoisotopic (exact) mass is 434 g/mol. The van der Waals surface area contributed by atoms with Gasteiger partial charge in [-0.3, -0.25) is 4.79 Å².